The number of hydrogen-bond acceptors (Lipinski definition) is 3. The minimum atomic E-state index is 0.132. The molecule has 3 nitrogen and oxygen atoms in total. The van der Waals surface area contributed by atoms with Crippen LogP contribution in [0.5, 0.6) is 0 Å². The van der Waals surface area contributed by atoms with Crippen LogP contribution >= 0.6 is 0 Å². The molecule has 0 amide bonds. The molecule has 1 aromatic heterocycles. The molecule has 3 N–H and O–H groups in total. The third-order valence-corrected chi connectivity index (χ3v) is 5.01. The summed E-state index contributed by atoms with van der Waals surface area (Å²) in [4.78, 5) is 0. The Labute approximate surface area is 129 Å². The lowest BCUT2D eigenvalue weighted by molar-refractivity contribution is 0.259. The predicted molar refractivity (Wildman–Crippen MR) is 88.2 cm³/mol. The van der Waals surface area contributed by atoms with Crippen LogP contribution in [-0.4, -0.2) is 13.1 Å². The summed E-state index contributed by atoms with van der Waals surface area (Å²) >= 11 is 0. The average Bonchev–Trinajstić information content (AvgIpc) is 2.96. The number of rotatable bonds is 8. The molecular formula is C18H32N2O. The maximum atomic E-state index is 6.04. The zero-order chi connectivity index (χ0) is 15.6. The van der Waals surface area contributed by atoms with Crippen molar-refractivity contribution in [1.29, 1.82) is 0 Å². The first kappa shape index (κ1) is 16.6. The molecule has 0 aliphatic heterocycles. The summed E-state index contributed by atoms with van der Waals surface area (Å²) < 4.78 is 6.04. The van der Waals surface area contributed by atoms with Gasteiger partial charge in [0.2, 0.25) is 0 Å². The molecule has 3 atom stereocenters. The fourth-order valence-corrected chi connectivity index (χ4v) is 3.29. The summed E-state index contributed by atoms with van der Waals surface area (Å²) in [7, 11) is 0. The Morgan fingerprint density at radius 2 is 1.86 bits per heavy atom. The second-order valence-electron chi connectivity index (χ2n) is 7.41. The monoisotopic (exact) mass is 292 g/mol. The molecule has 1 saturated carbocycles. The van der Waals surface area contributed by atoms with Gasteiger partial charge in [0.25, 0.3) is 0 Å². The smallest absolute Gasteiger partial charge is 0.122 e. The van der Waals surface area contributed by atoms with E-state index in [9.17, 15) is 0 Å². The molecule has 1 aliphatic carbocycles. The molecule has 1 aromatic rings. The first-order chi connectivity index (χ1) is 9.93. The van der Waals surface area contributed by atoms with Crippen LogP contribution in [-0.2, 0) is 0 Å². The fourth-order valence-electron chi connectivity index (χ4n) is 3.29. The maximum Gasteiger partial charge on any atom is 0.122 e. The summed E-state index contributed by atoms with van der Waals surface area (Å²) in [6.07, 6.45) is 1.26. The van der Waals surface area contributed by atoms with Gasteiger partial charge in [-0.05, 0) is 48.8 Å². The van der Waals surface area contributed by atoms with Crippen LogP contribution in [0.1, 0.15) is 64.5 Å². The Morgan fingerprint density at radius 3 is 2.33 bits per heavy atom. The largest absolute Gasteiger partial charge is 0.464 e. The van der Waals surface area contributed by atoms with Crippen LogP contribution in [0.2, 0.25) is 0 Å². The lowest BCUT2D eigenvalue weighted by Crippen LogP contribution is -2.35. The first-order valence-corrected chi connectivity index (χ1v) is 8.47. The van der Waals surface area contributed by atoms with Crippen molar-refractivity contribution in [2.75, 3.05) is 13.1 Å². The van der Waals surface area contributed by atoms with Crippen LogP contribution in [0.3, 0.4) is 0 Å². The van der Waals surface area contributed by atoms with E-state index in [-0.39, 0.29) is 6.04 Å². The van der Waals surface area contributed by atoms with Gasteiger partial charge in [-0.3, -0.25) is 0 Å². The van der Waals surface area contributed by atoms with Crippen LogP contribution in [0.15, 0.2) is 16.5 Å². The minimum absolute atomic E-state index is 0.132. The van der Waals surface area contributed by atoms with Crippen molar-refractivity contribution in [3.63, 3.8) is 0 Å². The minimum Gasteiger partial charge on any atom is -0.464 e. The van der Waals surface area contributed by atoms with E-state index in [1.807, 2.05) is 0 Å². The van der Waals surface area contributed by atoms with Crippen molar-refractivity contribution in [2.24, 2.45) is 29.4 Å². The predicted octanol–water partition coefficient (Wildman–Crippen LogP) is 3.92. The summed E-state index contributed by atoms with van der Waals surface area (Å²) in [5, 5.41) is 3.61. The van der Waals surface area contributed by atoms with Gasteiger partial charge in [-0.2, -0.15) is 0 Å². The fraction of sp³-hybridized carbons (Fsp3) is 0.778. The quantitative estimate of drug-likeness (QED) is 0.763. The Balaban J connectivity index is 1.94. The molecule has 1 fully saturated rings. The molecule has 0 aromatic carbocycles. The van der Waals surface area contributed by atoms with E-state index < -0.39 is 0 Å². The van der Waals surface area contributed by atoms with E-state index in [1.165, 1.54) is 6.42 Å². The summed E-state index contributed by atoms with van der Waals surface area (Å²) in [6.45, 7) is 13.0. The lowest BCUT2D eigenvalue weighted by Gasteiger charge is -2.27. The van der Waals surface area contributed by atoms with Crippen molar-refractivity contribution in [3.8, 4) is 0 Å². The topological polar surface area (TPSA) is 51.2 Å². The highest BCUT2D eigenvalue weighted by Gasteiger charge is 2.37. The van der Waals surface area contributed by atoms with Gasteiger partial charge in [-0.25, -0.2) is 0 Å². The second kappa shape index (κ2) is 6.97. The molecular weight excluding hydrogens is 260 g/mol. The van der Waals surface area contributed by atoms with E-state index >= 15 is 0 Å². The van der Waals surface area contributed by atoms with Gasteiger partial charge in [0.05, 0.1) is 6.04 Å². The zero-order valence-corrected chi connectivity index (χ0v) is 14.2. The molecule has 0 bridgehead atoms. The molecule has 3 unspecified atom stereocenters. The number of nitrogens with one attached hydrogen (secondary N) is 1. The highest BCUT2D eigenvalue weighted by Crippen LogP contribution is 2.47. The van der Waals surface area contributed by atoms with E-state index in [0.717, 1.165) is 24.0 Å². The Kier molecular flexibility index (Phi) is 5.50. The van der Waals surface area contributed by atoms with Crippen molar-refractivity contribution in [3.05, 3.63) is 23.7 Å². The van der Waals surface area contributed by atoms with Crippen LogP contribution in [0, 0.1) is 23.7 Å². The lowest BCUT2D eigenvalue weighted by atomic mass is 9.85. The van der Waals surface area contributed by atoms with Crippen LogP contribution in [0.25, 0.3) is 0 Å². The third-order valence-electron chi connectivity index (χ3n) is 5.01. The number of hydrogen-bond donors (Lipinski definition) is 2. The van der Waals surface area contributed by atoms with E-state index in [2.05, 4.69) is 52.1 Å². The Bertz CT molecular complexity index is 430. The van der Waals surface area contributed by atoms with Gasteiger partial charge in [0.1, 0.15) is 11.5 Å². The highest BCUT2D eigenvalue weighted by molar-refractivity contribution is 5.19. The van der Waals surface area contributed by atoms with Crippen molar-refractivity contribution >= 4 is 0 Å². The molecule has 2 rings (SSSR count). The Morgan fingerprint density at radius 1 is 1.24 bits per heavy atom. The molecule has 0 saturated heterocycles. The highest BCUT2D eigenvalue weighted by atomic mass is 16.3. The van der Waals surface area contributed by atoms with E-state index in [4.69, 9.17) is 10.2 Å². The molecule has 21 heavy (non-hydrogen) atoms. The van der Waals surface area contributed by atoms with Crippen molar-refractivity contribution in [2.45, 2.75) is 53.0 Å². The maximum absolute atomic E-state index is 6.04. The van der Waals surface area contributed by atoms with Crippen molar-refractivity contribution in [1.82, 2.24) is 5.32 Å². The standard InChI is InChI=1S/C18H32N2O/c1-11(2)15(12(3)4)10-20-16(9-19)18-7-6-17(21-18)14-8-13(14)5/h6-7,11-16,20H,8-10,19H2,1-5H3. The SMILES string of the molecule is CC(C)C(CNC(CN)c1ccc(C2CC2C)o1)C(C)C. The number of nitrogens with two attached hydrogens (primary N) is 1. The molecule has 0 radical (unpaired) electrons. The first-order valence-electron chi connectivity index (χ1n) is 8.47. The van der Waals surface area contributed by atoms with Gasteiger partial charge in [-0.1, -0.05) is 34.6 Å². The van der Waals surface area contributed by atoms with Crippen LogP contribution < -0.4 is 11.1 Å². The van der Waals surface area contributed by atoms with E-state index in [0.29, 0.717) is 30.2 Å². The van der Waals surface area contributed by atoms with E-state index in [1.54, 1.807) is 0 Å². The molecule has 120 valence electrons. The third kappa shape index (κ3) is 4.10. The summed E-state index contributed by atoms with van der Waals surface area (Å²) in [5.74, 6) is 5.57. The molecule has 3 heteroatoms. The normalized spacial score (nSPS) is 23.3. The van der Waals surface area contributed by atoms with Crippen LogP contribution in [0.4, 0.5) is 0 Å². The van der Waals surface area contributed by atoms with Crippen molar-refractivity contribution < 1.29 is 4.42 Å². The average molecular weight is 292 g/mol. The zero-order valence-electron chi connectivity index (χ0n) is 14.2. The van der Waals surface area contributed by atoms with Gasteiger partial charge >= 0.3 is 0 Å². The molecule has 1 heterocycles. The van der Waals surface area contributed by atoms with Gasteiger partial charge in [0.15, 0.2) is 0 Å². The van der Waals surface area contributed by atoms with Gasteiger partial charge < -0.3 is 15.5 Å². The van der Waals surface area contributed by atoms with Gasteiger partial charge in [0, 0.05) is 12.5 Å². The molecule has 1 aliphatic rings. The second-order valence-corrected chi connectivity index (χ2v) is 7.41. The summed E-state index contributed by atoms with van der Waals surface area (Å²) in [5.41, 5.74) is 5.95. The van der Waals surface area contributed by atoms with Gasteiger partial charge in [-0.15, -0.1) is 0 Å². The Hall–Kier alpha value is -0.800. The molecule has 0 spiro atoms. The number of furan rings is 1. The summed E-state index contributed by atoms with van der Waals surface area (Å²) in [6, 6.07) is 4.37.